The summed E-state index contributed by atoms with van der Waals surface area (Å²) < 4.78 is 15.6. The summed E-state index contributed by atoms with van der Waals surface area (Å²) in [5.74, 6) is -0.302. The minimum absolute atomic E-state index is 0.0496. The second-order valence-corrected chi connectivity index (χ2v) is 6.75. The molecule has 0 aliphatic heterocycles. The van der Waals surface area contributed by atoms with Crippen LogP contribution in [0, 0.1) is 5.82 Å². The van der Waals surface area contributed by atoms with Crippen molar-refractivity contribution >= 4 is 21.7 Å². The highest BCUT2D eigenvalue weighted by Crippen LogP contribution is 2.31. The monoisotopic (exact) mass is 365 g/mol. The molecule has 1 heterocycles. The number of nitrogens with zero attached hydrogens (tertiary/aromatic N) is 1. The zero-order valence-corrected chi connectivity index (χ0v) is 15.0. The molecule has 1 aromatic heterocycles. The fourth-order valence-corrected chi connectivity index (χ4v) is 3.77. The SMILES string of the molecule is O=c1cc(-c2ccc(F)cc2)n(-c2cccc3ccccc23)c2ccccc12. The molecule has 0 atom stereocenters. The average Bonchev–Trinajstić information content (AvgIpc) is 2.74. The fraction of sp³-hybridized carbons (Fsp3) is 0. The lowest BCUT2D eigenvalue weighted by Gasteiger charge is -2.19. The van der Waals surface area contributed by atoms with Crippen LogP contribution in [-0.2, 0) is 0 Å². The van der Waals surface area contributed by atoms with Crippen LogP contribution < -0.4 is 5.43 Å². The Morgan fingerprint density at radius 3 is 2.18 bits per heavy atom. The number of halogens is 1. The lowest BCUT2D eigenvalue weighted by molar-refractivity contribution is 0.628. The Morgan fingerprint density at radius 1 is 0.679 bits per heavy atom. The molecule has 0 fully saturated rings. The molecule has 28 heavy (non-hydrogen) atoms. The molecular weight excluding hydrogens is 349 g/mol. The second kappa shape index (κ2) is 6.46. The molecule has 5 rings (SSSR count). The zero-order chi connectivity index (χ0) is 19.1. The first-order valence-corrected chi connectivity index (χ1v) is 9.11. The van der Waals surface area contributed by atoms with E-state index in [-0.39, 0.29) is 11.2 Å². The Hall–Kier alpha value is -3.72. The predicted molar refractivity (Wildman–Crippen MR) is 112 cm³/mol. The Bertz CT molecular complexity index is 1380. The third-order valence-corrected chi connectivity index (χ3v) is 5.07. The molecule has 0 saturated carbocycles. The molecule has 0 amide bonds. The lowest BCUT2D eigenvalue weighted by atomic mass is 10.0. The van der Waals surface area contributed by atoms with Crippen LogP contribution in [0.3, 0.4) is 0 Å². The van der Waals surface area contributed by atoms with Crippen molar-refractivity contribution in [1.82, 2.24) is 4.57 Å². The number of rotatable bonds is 2. The summed E-state index contributed by atoms with van der Waals surface area (Å²) in [5.41, 5.74) is 3.28. The summed E-state index contributed by atoms with van der Waals surface area (Å²) in [5, 5.41) is 2.86. The van der Waals surface area contributed by atoms with Gasteiger partial charge < -0.3 is 4.57 Å². The third-order valence-electron chi connectivity index (χ3n) is 5.07. The van der Waals surface area contributed by atoms with Crippen LogP contribution in [0.4, 0.5) is 4.39 Å². The molecular formula is C25H16FNO. The lowest BCUT2D eigenvalue weighted by Crippen LogP contribution is -2.11. The van der Waals surface area contributed by atoms with Crippen LogP contribution in [-0.4, -0.2) is 4.57 Å². The van der Waals surface area contributed by atoms with Gasteiger partial charge in [0.15, 0.2) is 5.43 Å². The Morgan fingerprint density at radius 2 is 1.36 bits per heavy atom. The molecule has 134 valence electrons. The van der Waals surface area contributed by atoms with E-state index in [1.54, 1.807) is 18.2 Å². The van der Waals surface area contributed by atoms with Crippen LogP contribution in [0.25, 0.3) is 38.6 Å². The van der Waals surface area contributed by atoms with Gasteiger partial charge in [-0.15, -0.1) is 0 Å². The normalized spacial score (nSPS) is 11.2. The van der Waals surface area contributed by atoms with E-state index < -0.39 is 0 Å². The highest BCUT2D eigenvalue weighted by atomic mass is 19.1. The van der Waals surface area contributed by atoms with Crippen molar-refractivity contribution in [3.05, 3.63) is 113 Å². The summed E-state index contributed by atoms with van der Waals surface area (Å²) >= 11 is 0. The number of hydrogen-bond acceptors (Lipinski definition) is 1. The second-order valence-electron chi connectivity index (χ2n) is 6.75. The summed E-state index contributed by atoms with van der Waals surface area (Å²) in [6.45, 7) is 0. The molecule has 2 nitrogen and oxygen atoms in total. The van der Waals surface area contributed by atoms with E-state index in [9.17, 15) is 9.18 Å². The number of pyridine rings is 1. The molecule has 4 aromatic carbocycles. The Kier molecular flexibility index (Phi) is 3.80. The molecule has 0 saturated heterocycles. The van der Waals surface area contributed by atoms with Crippen molar-refractivity contribution in [2.75, 3.05) is 0 Å². The standard InChI is InChI=1S/C25H16FNO/c26-19-14-12-18(13-15-19)24-16-25(28)21-9-3-4-10-23(21)27(24)22-11-5-7-17-6-1-2-8-20(17)22/h1-16H. The molecule has 0 aliphatic rings. The van der Waals surface area contributed by atoms with Crippen LogP contribution in [0.15, 0.2) is 102 Å². The van der Waals surface area contributed by atoms with Crippen LogP contribution in [0.5, 0.6) is 0 Å². The zero-order valence-electron chi connectivity index (χ0n) is 15.0. The van der Waals surface area contributed by atoms with Crippen molar-refractivity contribution < 1.29 is 4.39 Å². The van der Waals surface area contributed by atoms with E-state index in [1.165, 1.54) is 12.1 Å². The topological polar surface area (TPSA) is 22.0 Å². The smallest absolute Gasteiger partial charge is 0.190 e. The minimum atomic E-state index is -0.302. The average molecular weight is 365 g/mol. The maximum absolute atomic E-state index is 13.5. The first-order chi connectivity index (χ1) is 13.7. The molecule has 0 aliphatic carbocycles. The Labute approximate surface area is 161 Å². The number of benzene rings is 4. The van der Waals surface area contributed by atoms with Gasteiger partial charge in [0.2, 0.25) is 0 Å². The molecule has 0 bridgehead atoms. The van der Waals surface area contributed by atoms with Gasteiger partial charge in [-0.3, -0.25) is 4.79 Å². The maximum Gasteiger partial charge on any atom is 0.190 e. The summed E-state index contributed by atoms with van der Waals surface area (Å²) in [7, 11) is 0. The van der Waals surface area contributed by atoms with E-state index in [2.05, 4.69) is 22.8 Å². The predicted octanol–water partition coefficient (Wildman–Crippen LogP) is 5.95. The van der Waals surface area contributed by atoms with Gasteiger partial charge in [0.05, 0.1) is 16.9 Å². The van der Waals surface area contributed by atoms with Crippen LogP contribution in [0.2, 0.25) is 0 Å². The molecule has 0 unspecified atom stereocenters. The van der Waals surface area contributed by atoms with Gasteiger partial charge in [0.25, 0.3) is 0 Å². The van der Waals surface area contributed by atoms with Gasteiger partial charge in [-0.25, -0.2) is 4.39 Å². The van der Waals surface area contributed by atoms with Crippen molar-refractivity contribution in [2.24, 2.45) is 0 Å². The minimum Gasteiger partial charge on any atom is -0.308 e. The summed E-state index contributed by atoms with van der Waals surface area (Å²) in [6.07, 6.45) is 0. The first-order valence-electron chi connectivity index (χ1n) is 9.11. The number of para-hydroxylation sites is 1. The van der Waals surface area contributed by atoms with E-state index in [0.29, 0.717) is 5.39 Å². The molecule has 5 aromatic rings. The highest BCUT2D eigenvalue weighted by Gasteiger charge is 2.14. The van der Waals surface area contributed by atoms with Gasteiger partial charge in [-0.1, -0.05) is 48.5 Å². The van der Waals surface area contributed by atoms with Gasteiger partial charge in [0.1, 0.15) is 5.82 Å². The third kappa shape index (κ3) is 2.60. The first kappa shape index (κ1) is 16.5. The van der Waals surface area contributed by atoms with E-state index in [1.807, 2.05) is 48.5 Å². The number of aromatic nitrogens is 1. The van der Waals surface area contributed by atoms with Crippen molar-refractivity contribution in [1.29, 1.82) is 0 Å². The number of hydrogen-bond donors (Lipinski definition) is 0. The van der Waals surface area contributed by atoms with Gasteiger partial charge >= 0.3 is 0 Å². The van der Waals surface area contributed by atoms with Gasteiger partial charge in [-0.2, -0.15) is 0 Å². The van der Waals surface area contributed by atoms with E-state index in [4.69, 9.17) is 0 Å². The van der Waals surface area contributed by atoms with Gasteiger partial charge in [0, 0.05) is 16.8 Å². The molecule has 0 radical (unpaired) electrons. The van der Waals surface area contributed by atoms with Crippen LogP contribution >= 0.6 is 0 Å². The molecule has 3 heteroatoms. The molecule has 0 spiro atoms. The highest BCUT2D eigenvalue weighted by molar-refractivity contribution is 5.94. The van der Waals surface area contributed by atoms with Crippen LogP contribution in [0.1, 0.15) is 0 Å². The van der Waals surface area contributed by atoms with Gasteiger partial charge in [-0.05, 0) is 53.4 Å². The fourth-order valence-electron chi connectivity index (χ4n) is 3.77. The van der Waals surface area contributed by atoms with E-state index >= 15 is 0 Å². The number of fused-ring (bicyclic) bond motifs is 2. The van der Waals surface area contributed by atoms with E-state index in [0.717, 1.165) is 33.2 Å². The van der Waals surface area contributed by atoms with Crippen molar-refractivity contribution in [3.8, 4) is 16.9 Å². The largest absolute Gasteiger partial charge is 0.308 e. The quantitative estimate of drug-likeness (QED) is 0.379. The summed E-state index contributed by atoms with van der Waals surface area (Å²) in [4.78, 5) is 12.8. The van der Waals surface area contributed by atoms with Crippen molar-refractivity contribution in [3.63, 3.8) is 0 Å². The summed E-state index contributed by atoms with van der Waals surface area (Å²) in [6, 6.07) is 29.8. The Balaban J connectivity index is 1.96. The van der Waals surface area contributed by atoms with Crippen molar-refractivity contribution in [2.45, 2.75) is 0 Å². The molecule has 0 N–H and O–H groups in total. The maximum atomic E-state index is 13.5.